The summed E-state index contributed by atoms with van der Waals surface area (Å²) in [6.07, 6.45) is 9.36. The summed E-state index contributed by atoms with van der Waals surface area (Å²) in [7, 11) is 17.9. The molecule has 58 heavy (non-hydrogen) atoms. The molecule has 0 N–H and O–H groups in total. The fourth-order valence-corrected chi connectivity index (χ4v) is 39.4. The van der Waals surface area contributed by atoms with E-state index >= 15 is 0 Å². The van der Waals surface area contributed by atoms with Crippen molar-refractivity contribution in [1.82, 2.24) is 0 Å². The van der Waals surface area contributed by atoms with Gasteiger partial charge in [-0.3, -0.25) is 0 Å². The van der Waals surface area contributed by atoms with Crippen LogP contribution in [0.1, 0.15) is 95.0 Å². The number of hydrogen-bond donors (Lipinski definition) is 0. The van der Waals surface area contributed by atoms with Crippen LogP contribution in [0.2, 0.25) is 0 Å². The molecule has 0 saturated carbocycles. The van der Waals surface area contributed by atoms with E-state index in [4.69, 9.17) is 0 Å². The van der Waals surface area contributed by atoms with Crippen molar-refractivity contribution in [3.8, 4) is 33.4 Å². The van der Waals surface area contributed by atoms with Crippen LogP contribution in [0.15, 0.2) is 139 Å². The minimum absolute atomic E-state index is 0.101. The van der Waals surface area contributed by atoms with E-state index in [0.29, 0.717) is 0 Å². The molecule has 2 atom stereocenters. The van der Waals surface area contributed by atoms with Gasteiger partial charge in [0.1, 0.15) is 0 Å². The van der Waals surface area contributed by atoms with Gasteiger partial charge in [0.25, 0.3) is 0 Å². The monoisotopic (exact) mass is 891 g/mol. The molecule has 4 heteroatoms. The molecule has 0 aromatic heterocycles. The van der Waals surface area contributed by atoms with Gasteiger partial charge in [0.05, 0.1) is 0 Å². The molecule has 0 bridgehead atoms. The van der Waals surface area contributed by atoms with Gasteiger partial charge in [-0.15, -0.1) is 0 Å². The van der Waals surface area contributed by atoms with E-state index in [1.165, 1.54) is 91.6 Å². The Balaban J connectivity index is 1.37. The Labute approximate surface area is 357 Å². The van der Waals surface area contributed by atoms with Crippen LogP contribution in [-0.4, -0.2) is 9.52 Å². The first-order chi connectivity index (χ1) is 28.1. The van der Waals surface area contributed by atoms with Gasteiger partial charge in [-0.2, -0.15) is 0 Å². The van der Waals surface area contributed by atoms with Crippen LogP contribution in [0.4, 0.5) is 0 Å². The average Bonchev–Trinajstić information content (AvgIpc) is 3.95. The van der Waals surface area contributed by atoms with Gasteiger partial charge in [-0.1, -0.05) is 0 Å². The molecule has 3 aliphatic rings. The van der Waals surface area contributed by atoms with E-state index in [0.717, 1.165) is 25.7 Å². The van der Waals surface area contributed by atoms with Gasteiger partial charge in [0.15, 0.2) is 0 Å². The normalized spacial score (nSPS) is 17.8. The quantitative estimate of drug-likeness (QED) is 0.114. The number of aryl methyl sites for hydroxylation is 2. The van der Waals surface area contributed by atoms with Crippen LogP contribution in [0.5, 0.6) is 0 Å². The average molecular weight is 894 g/mol. The summed E-state index contributed by atoms with van der Waals surface area (Å²) in [6, 6.07) is 48.2. The summed E-state index contributed by atoms with van der Waals surface area (Å²) in [5, 5.41) is 2.97. The molecular formula is C54H55Cl2SiZr. The van der Waals surface area contributed by atoms with E-state index in [9.17, 15) is 17.0 Å². The van der Waals surface area contributed by atoms with Crippen molar-refractivity contribution >= 4 is 52.3 Å². The first-order valence-corrected chi connectivity index (χ1v) is 33.5. The maximum atomic E-state index is 9.37. The van der Waals surface area contributed by atoms with Gasteiger partial charge in [0, 0.05) is 0 Å². The van der Waals surface area contributed by atoms with Gasteiger partial charge in [0.2, 0.25) is 0 Å². The number of hydrogen-bond acceptors (Lipinski definition) is 0. The Kier molecular flexibility index (Phi) is 10.7. The standard InChI is InChI=1S/2C21H23.C12H9Si.2ClH.Zr/c2*1-4-8-16-9-5-6-11-19(16)20-12-7-10-17-13-18(15(2)3)14-21(17)20;1-3-7-11-9(5-1)10-6-2-4-8-12(10)13-11;;;/h2*5-7,9-15H,4,8H2,1-3H3;1-7H,13H2;2*1H;/q;;;;;+2/p-2. The number of rotatable bonds is 11. The number of fused-ring (bicyclic) bond motifs is 5. The van der Waals surface area contributed by atoms with Gasteiger partial charge < -0.3 is 0 Å². The van der Waals surface area contributed by atoms with E-state index in [1.807, 2.05) is 0 Å². The summed E-state index contributed by atoms with van der Waals surface area (Å²) >= 11 is -5.65. The predicted octanol–water partition coefficient (Wildman–Crippen LogP) is 13.2. The summed E-state index contributed by atoms with van der Waals surface area (Å²) in [5.74, 6) is 0.514. The Morgan fingerprint density at radius 3 is 1.43 bits per heavy atom. The zero-order valence-corrected chi connectivity index (χ0v) is 40.3. The molecule has 6 aromatic rings. The fourth-order valence-electron chi connectivity index (χ4n) is 11.1. The van der Waals surface area contributed by atoms with Crippen molar-refractivity contribution in [3.63, 3.8) is 0 Å². The Bertz CT molecular complexity index is 2510. The van der Waals surface area contributed by atoms with Crippen LogP contribution in [0, 0.1) is 11.8 Å². The molecule has 2 unspecified atom stereocenters. The summed E-state index contributed by atoms with van der Waals surface area (Å²) in [4.78, 5) is 0. The van der Waals surface area contributed by atoms with Crippen molar-refractivity contribution < 1.29 is 16.4 Å². The number of allylic oxidation sites excluding steroid dienone is 2. The second kappa shape index (κ2) is 15.5. The zero-order chi connectivity index (χ0) is 40.4. The predicted molar refractivity (Wildman–Crippen MR) is 254 cm³/mol. The van der Waals surface area contributed by atoms with Crippen molar-refractivity contribution in [2.75, 3.05) is 0 Å². The van der Waals surface area contributed by atoms with Gasteiger partial charge in [-0.05, 0) is 0 Å². The molecule has 2 aliphatic carbocycles. The zero-order valence-electron chi connectivity index (χ0n) is 34.9. The molecule has 9 rings (SSSR count). The molecule has 293 valence electrons. The van der Waals surface area contributed by atoms with E-state index < -0.39 is 25.9 Å². The summed E-state index contributed by atoms with van der Waals surface area (Å²) < 4.78 is 1.10. The van der Waals surface area contributed by atoms with Gasteiger partial charge in [-0.25, -0.2) is 0 Å². The van der Waals surface area contributed by atoms with Crippen LogP contribution >= 0.6 is 17.0 Å². The third-order valence-corrected chi connectivity index (χ3v) is 36.2. The van der Waals surface area contributed by atoms with Gasteiger partial charge >= 0.3 is 360 Å². The van der Waals surface area contributed by atoms with E-state index in [1.54, 1.807) is 0 Å². The summed E-state index contributed by atoms with van der Waals surface area (Å²) in [6.45, 7) is 14.0. The molecule has 0 amide bonds. The Morgan fingerprint density at radius 2 is 0.931 bits per heavy atom. The van der Waals surface area contributed by atoms with Crippen molar-refractivity contribution in [3.05, 3.63) is 172 Å². The molecule has 0 nitrogen and oxygen atoms in total. The van der Waals surface area contributed by atoms with Crippen LogP contribution in [0.25, 0.3) is 45.5 Å². The third-order valence-electron chi connectivity index (χ3n) is 13.6. The molecular weight excluding hydrogens is 839 g/mol. The molecule has 1 heterocycles. The number of halogens is 2. The Hall–Kier alpha value is -3.52. The van der Waals surface area contributed by atoms with E-state index in [2.05, 4.69) is 181 Å². The topological polar surface area (TPSA) is 0 Å². The molecule has 0 fully saturated rings. The first kappa shape index (κ1) is 39.9. The van der Waals surface area contributed by atoms with Crippen molar-refractivity contribution in [2.24, 2.45) is 11.8 Å². The first-order valence-electron chi connectivity index (χ1n) is 21.7. The molecule has 6 aromatic carbocycles. The number of benzene rings is 6. The Morgan fingerprint density at radius 1 is 0.500 bits per heavy atom. The fraction of sp³-hybridized carbons (Fsp3) is 0.259. The van der Waals surface area contributed by atoms with Crippen LogP contribution < -0.4 is 13.6 Å². The van der Waals surface area contributed by atoms with E-state index in [-0.39, 0.29) is 19.1 Å². The van der Waals surface area contributed by atoms with Crippen molar-refractivity contribution in [2.45, 2.75) is 74.5 Å². The molecule has 0 spiro atoms. The molecule has 0 saturated heterocycles. The second-order valence-corrected chi connectivity index (χ2v) is 40.1. The SMILES string of the molecule is CCCc1ccccc1-c1cccc2c1C=C(C(C)C)[CH]2[Zr]([Cl])([Cl])([c]1cccc2c1[SiH2]c1ccccc1-2)[CH]1C(C(C)C)=Cc2c(-c3ccccc3CCC)cccc21. The second-order valence-electron chi connectivity index (χ2n) is 17.7. The maximum absolute atomic E-state index is 9.37. The summed E-state index contributed by atoms with van der Waals surface area (Å²) in [5.41, 5.74) is 18.8. The van der Waals surface area contributed by atoms with Crippen molar-refractivity contribution in [1.29, 1.82) is 0 Å². The minimum atomic E-state index is -5.65. The van der Waals surface area contributed by atoms with Crippen LogP contribution in [0.3, 0.4) is 0 Å². The third kappa shape index (κ3) is 6.22. The molecule has 0 radical (unpaired) electrons. The van der Waals surface area contributed by atoms with Crippen LogP contribution in [-0.2, 0) is 29.2 Å². The molecule has 1 aliphatic heterocycles.